The minimum atomic E-state index is -3.60. The highest BCUT2D eigenvalue weighted by atomic mass is 32.2. The molecule has 32 heavy (non-hydrogen) atoms. The van der Waals surface area contributed by atoms with Gasteiger partial charge in [0, 0.05) is 25.2 Å². The number of benzene rings is 2. The Morgan fingerprint density at radius 2 is 1.88 bits per heavy atom. The molecular weight excluding hydrogens is 428 g/mol. The van der Waals surface area contributed by atoms with E-state index in [1.165, 1.54) is 6.07 Å². The second-order valence-electron chi connectivity index (χ2n) is 8.09. The Balaban J connectivity index is 1.43. The molecule has 1 N–H and O–H groups in total. The topological polar surface area (TPSA) is 96.7 Å². The molecule has 1 unspecified atom stereocenters. The van der Waals surface area contributed by atoms with Crippen molar-refractivity contribution in [1.29, 1.82) is 0 Å². The molecule has 7 nitrogen and oxygen atoms in total. The number of nitrogens with one attached hydrogen (secondary N) is 1. The molecule has 0 spiro atoms. The lowest BCUT2D eigenvalue weighted by Crippen LogP contribution is -2.45. The maximum absolute atomic E-state index is 13.2. The third-order valence-corrected chi connectivity index (χ3v) is 7.79. The van der Waals surface area contributed by atoms with Crippen LogP contribution in [0.3, 0.4) is 0 Å². The van der Waals surface area contributed by atoms with Gasteiger partial charge in [-0.2, -0.15) is 4.31 Å². The van der Waals surface area contributed by atoms with E-state index in [1.807, 2.05) is 6.92 Å². The monoisotopic (exact) mass is 454 g/mol. The number of aryl methyl sites for hydroxylation is 1. The number of hydrogen-bond acceptors (Lipinski definition) is 5. The number of amides is 1. The van der Waals surface area contributed by atoms with Crippen molar-refractivity contribution in [2.45, 2.75) is 43.5 Å². The maximum Gasteiger partial charge on any atom is 0.287 e. The predicted molar refractivity (Wildman–Crippen MR) is 122 cm³/mol. The average Bonchev–Trinajstić information content (AvgIpc) is 2.79. The number of piperidine rings is 1. The Bertz CT molecular complexity index is 1280. The summed E-state index contributed by atoms with van der Waals surface area (Å²) in [5, 5.41) is 3.18. The number of fused-ring (bicyclic) bond motifs is 1. The third-order valence-electron chi connectivity index (χ3n) is 5.82. The molecule has 1 aromatic heterocycles. The Morgan fingerprint density at radius 1 is 1.12 bits per heavy atom. The van der Waals surface area contributed by atoms with Crippen LogP contribution in [-0.2, 0) is 10.0 Å². The van der Waals surface area contributed by atoms with Crippen LogP contribution in [0, 0.1) is 6.92 Å². The van der Waals surface area contributed by atoms with Gasteiger partial charge in [-0.15, -0.1) is 0 Å². The van der Waals surface area contributed by atoms with Gasteiger partial charge in [0.15, 0.2) is 11.2 Å². The van der Waals surface area contributed by atoms with Gasteiger partial charge in [-0.25, -0.2) is 8.42 Å². The van der Waals surface area contributed by atoms with Crippen LogP contribution in [0.4, 0.5) is 0 Å². The average molecular weight is 455 g/mol. The first-order valence-electron chi connectivity index (χ1n) is 10.8. The zero-order valence-electron chi connectivity index (χ0n) is 17.9. The molecule has 2 aromatic carbocycles. The van der Waals surface area contributed by atoms with Crippen LogP contribution < -0.4 is 10.7 Å². The van der Waals surface area contributed by atoms with Crippen LogP contribution in [0.5, 0.6) is 0 Å². The van der Waals surface area contributed by atoms with Gasteiger partial charge >= 0.3 is 0 Å². The molecule has 1 aliphatic heterocycles. The quantitative estimate of drug-likeness (QED) is 0.615. The summed E-state index contributed by atoms with van der Waals surface area (Å²) in [6.07, 6.45) is 2.98. The second kappa shape index (κ2) is 9.26. The van der Waals surface area contributed by atoms with Crippen LogP contribution in [-0.4, -0.2) is 37.8 Å². The molecule has 4 rings (SSSR count). The van der Waals surface area contributed by atoms with Crippen molar-refractivity contribution in [2.75, 3.05) is 13.1 Å². The van der Waals surface area contributed by atoms with E-state index in [0.29, 0.717) is 23.9 Å². The fourth-order valence-corrected chi connectivity index (χ4v) is 5.80. The summed E-state index contributed by atoms with van der Waals surface area (Å²) < 4.78 is 33.5. The summed E-state index contributed by atoms with van der Waals surface area (Å²) in [6, 6.07) is 14.6. The summed E-state index contributed by atoms with van der Waals surface area (Å²) in [5.41, 5.74) is 1.08. The molecular formula is C24H26N2O5S. The first-order valence-corrected chi connectivity index (χ1v) is 12.2. The molecule has 3 aromatic rings. The molecule has 1 saturated heterocycles. The van der Waals surface area contributed by atoms with Crippen LogP contribution in [0.1, 0.15) is 41.8 Å². The first-order chi connectivity index (χ1) is 15.4. The molecule has 8 heteroatoms. The minimum Gasteiger partial charge on any atom is -0.451 e. The lowest BCUT2D eigenvalue weighted by Gasteiger charge is -2.34. The van der Waals surface area contributed by atoms with Crippen LogP contribution in [0.2, 0.25) is 0 Å². The van der Waals surface area contributed by atoms with E-state index >= 15 is 0 Å². The molecule has 0 aliphatic carbocycles. The first kappa shape index (κ1) is 22.2. The molecule has 0 radical (unpaired) electrons. The van der Waals surface area contributed by atoms with Gasteiger partial charge in [0.1, 0.15) is 5.58 Å². The number of nitrogens with zero attached hydrogens (tertiary/aromatic N) is 1. The smallest absolute Gasteiger partial charge is 0.287 e. The van der Waals surface area contributed by atoms with Gasteiger partial charge < -0.3 is 9.73 Å². The highest BCUT2D eigenvalue weighted by Crippen LogP contribution is 2.27. The van der Waals surface area contributed by atoms with Gasteiger partial charge in [0.2, 0.25) is 10.0 Å². The van der Waals surface area contributed by atoms with Gasteiger partial charge in [-0.1, -0.05) is 36.2 Å². The number of carbonyl (C=O) groups is 1. The van der Waals surface area contributed by atoms with E-state index in [2.05, 4.69) is 5.32 Å². The van der Waals surface area contributed by atoms with E-state index in [0.717, 1.165) is 24.8 Å². The molecule has 1 fully saturated rings. The highest BCUT2D eigenvalue weighted by Gasteiger charge is 2.33. The zero-order chi connectivity index (χ0) is 22.7. The van der Waals surface area contributed by atoms with E-state index in [4.69, 9.17) is 4.42 Å². The van der Waals surface area contributed by atoms with E-state index in [-0.39, 0.29) is 28.7 Å². The summed E-state index contributed by atoms with van der Waals surface area (Å²) in [6.45, 7) is 2.66. The van der Waals surface area contributed by atoms with Gasteiger partial charge in [-0.3, -0.25) is 9.59 Å². The SMILES string of the molecule is Cc1ccc(S(=O)(=O)N2CCCCC2CCNC(=O)c2cc(=O)c3ccccc3o2)cc1. The minimum absolute atomic E-state index is 0.0542. The van der Waals surface area contributed by atoms with Crippen LogP contribution in [0.25, 0.3) is 11.0 Å². The fraction of sp³-hybridized carbons (Fsp3) is 0.333. The van der Waals surface area contributed by atoms with Gasteiger partial charge in [-0.05, 0) is 50.5 Å². The van der Waals surface area contributed by atoms with Crippen LogP contribution >= 0.6 is 0 Å². The number of para-hydroxylation sites is 1. The van der Waals surface area contributed by atoms with Crippen LogP contribution in [0.15, 0.2) is 68.7 Å². The number of sulfonamides is 1. The Kier molecular flexibility index (Phi) is 6.43. The van der Waals surface area contributed by atoms with E-state index in [1.54, 1.807) is 52.8 Å². The predicted octanol–water partition coefficient (Wildman–Crippen LogP) is 3.46. The van der Waals surface area contributed by atoms with Crippen molar-refractivity contribution < 1.29 is 17.6 Å². The van der Waals surface area contributed by atoms with Crippen molar-refractivity contribution in [1.82, 2.24) is 9.62 Å². The van der Waals surface area contributed by atoms with Crippen molar-refractivity contribution in [2.24, 2.45) is 0 Å². The lowest BCUT2D eigenvalue weighted by molar-refractivity contribution is 0.0922. The normalized spacial score (nSPS) is 17.3. The lowest BCUT2D eigenvalue weighted by atomic mass is 10.0. The van der Waals surface area contributed by atoms with Crippen molar-refractivity contribution in [3.63, 3.8) is 0 Å². The van der Waals surface area contributed by atoms with Gasteiger partial charge in [0.25, 0.3) is 5.91 Å². The zero-order valence-corrected chi connectivity index (χ0v) is 18.7. The molecule has 1 atom stereocenters. The number of rotatable bonds is 6. The van der Waals surface area contributed by atoms with E-state index in [9.17, 15) is 18.0 Å². The van der Waals surface area contributed by atoms with Crippen molar-refractivity contribution in [3.05, 3.63) is 76.1 Å². The van der Waals surface area contributed by atoms with Gasteiger partial charge in [0.05, 0.1) is 10.3 Å². The molecule has 168 valence electrons. The molecule has 0 bridgehead atoms. The van der Waals surface area contributed by atoms with E-state index < -0.39 is 15.9 Å². The second-order valence-corrected chi connectivity index (χ2v) is 9.98. The number of carbonyl (C=O) groups excluding carboxylic acids is 1. The standard InChI is InChI=1S/C24H26N2O5S/c1-17-9-11-19(12-10-17)32(29,30)26-15-5-4-6-18(26)13-14-25-24(28)23-16-21(27)20-7-2-3-8-22(20)31-23/h2-3,7-12,16,18H,4-6,13-15H2,1H3,(H,25,28). The molecule has 0 saturated carbocycles. The Morgan fingerprint density at radius 3 is 2.66 bits per heavy atom. The fourth-order valence-electron chi connectivity index (χ4n) is 4.08. The largest absolute Gasteiger partial charge is 0.451 e. The van der Waals surface area contributed by atoms with Crippen molar-refractivity contribution >= 4 is 26.9 Å². The molecule has 1 aliphatic rings. The summed E-state index contributed by atoms with van der Waals surface area (Å²) in [5.74, 6) is -0.543. The highest BCUT2D eigenvalue weighted by molar-refractivity contribution is 7.89. The maximum atomic E-state index is 13.2. The molecule has 2 heterocycles. The Labute approximate surface area is 187 Å². The van der Waals surface area contributed by atoms with Crippen molar-refractivity contribution in [3.8, 4) is 0 Å². The Hall–Kier alpha value is -2.97. The summed E-state index contributed by atoms with van der Waals surface area (Å²) >= 11 is 0. The summed E-state index contributed by atoms with van der Waals surface area (Å²) in [7, 11) is -3.60. The third kappa shape index (κ3) is 4.61. The summed E-state index contributed by atoms with van der Waals surface area (Å²) in [4.78, 5) is 25.0. The number of hydrogen-bond donors (Lipinski definition) is 1. The molecule has 1 amide bonds.